The first kappa shape index (κ1) is 17.2. The van der Waals surface area contributed by atoms with E-state index in [1.807, 2.05) is 23.4 Å². The Labute approximate surface area is 161 Å². The molecule has 2 aliphatic heterocycles. The number of carbonyl (C=O) groups excluding carboxylic acids is 1. The molecule has 0 aromatic carbocycles. The van der Waals surface area contributed by atoms with E-state index in [1.165, 1.54) is 6.33 Å². The van der Waals surface area contributed by atoms with Crippen molar-refractivity contribution in [2.24, 2.45) is 0 Å². The molecule has 0 bridgehead atoms. The summed E-state index contributed by atoms with van der Waals surface area (Å²) in [5.41, 5.74) is 3.91. The summed E-state index contributed by atoms with van der Waals surface area (Å²) in [6, 6.07) is 0.0422. The number of aryl methyl sites for hydroxylation is 2. The lowest BCUT2D eigenvalue weighted by molar-refractivity contribution is -0.138. The number of hydrogen-bond donors (Lipinski definition) is 0. The second-order valence-electron chi connectivity index (χ2n) is 7.45. The second-order valence-corrected chi connectivity index (χ2v) is 7.45. The molecule has 5 heterocycles. The van der Waals surface area contributed by atoms with Crippen LogP contribution >= 0.6 is 0 Å². The standard InChI is InChI=1S/C18H22N8O2/c1-11-14(12(2)25-18(22-11)19-10-21-25)3-4-17(27)24-6-5-16-15(8-24)26-13(9-28-16)7-20-23-26/h7,10,15-16H,3-6,8-9H2,1-2H3/t15-,16-/m0/s1. The maximum atomic E-state index is 12.9. The smallest absolute Gasteiger partial charge is 0.252 e. The number of likely N-dealkylation sites (tertiary alicyclic amines) is 1. The lowest BCUT2D eigenvalue weighted by Gasteiger charge is -2.41. The zero-order valence-corrected chi connectivity index (χ0v) is 15.9. The van der Waals surface area contributed by atoms with E-state index in [-0.39, 0.29) is 18.1 Å². The number of rotatable bonds is 3. The Balaban J connectivity index is 1.29. The highest BCUT2D eigenvalue weighted by molar-refractivity contribution is 5.76. The van der Waals surface area contributed by atoms with Gasteiger partial charge < -0.3 is 9.64 Å². The van der Waals surface area contributed by atoms with Gasteiger partial charge in [-0.1, -0.05) is 5.21 Å². The van der Waals surface area contributed by atoms with E-state index in [2.05, 4.69) is 25.4 Å². The summed E-state index contributed by atoms with van der Waals surface area (Å²) in [5.74, 6) is 0.733. The highest BCUT2D eigenvalue weighted by atomic mass is 16.5. The molecule has 1 fully saturated rings. The van der Waals surface area contributed by atoms with Gasteiger partial charge in [0, 0.05) is 30.9 Å². The summed E-state index contributed by atoms with van der Waals surface area (Å²) < 4.78 is 9.57. The van der Waals surface area contributed by atoms with Gasteiger partial charge in [-0.15, -0.1) is 5.10 Å². The Bertz CT molecular complexity index is 1040. The SMILES string of the molecule is Cc1nc2ncnn2c(C)c1CCC(=O)N1CC[C@@H]2OCc3cnnn3[C@H]2C1. The van der Waals surface area contributed by atoms with E-state index in [0.29, 0.717) is 38.3 Å². The minimum absolute atomic E-state index is 0.0422. The fourth-order valence-corrected chi connectivity index (χ4v) is 4.31. The highest BCUT2D eigenvalue weighted by Crippen LogP contribution is 2.30. The maximum Gasteiger partial charge on any atom is 0.252 e. The zero-order chi connectivity index (χ0) is 19.3. The van der Waals surface area contributed by atoms with Crippen LogP contribution in [0.15, 0.2) is 12.5 Å². The van der Waals surface area contributed by atoms with E-state index in [1.54, 1.807) is 10.7 Å². The lowest BCUT2D eigenvalue weighted by atomic mass is 9.99. The van der Waals surface area contributed by atoms with Gasteiger partial charge in [0.1, 0.15) is 6.33 Å². The molecule has 0 unspecified atom stereocenters. The summed E-state index contributed by atoms with van der Waals surface area (Å²) in [5, 5.41) is 12.4. The Morgan fingerprint density at radius 2 is 2.25 bits per heavy atom. The third-order valence-corrected chi connectivity index (χ3v) is 5.86. The minimum Gasteiger partial charge on any atom is -0.370 e. The molecule has 1 saturated heterocycles. The van der Waals surface area contributed by atoms with Crippen LogP contribution in [0, 0.1) is 13.8 Å². The fraction of sp³-hybridized carbons (Fsp3) is 0.556. The molecule has 146 valence electrons. The number of hydrogen-bond acceptors (Lipinski definition) is 7. The van der Waals surface area contributed by atoms with Crippen molar-refractivity contribution < 1.29 is 9.53 Å². The topological polar surface area (TPSA) is 103 Å². The molecular formula is C18H22N8O2. The van der Waals surface area contributed by atoms with Gasteiger partial charge >= 0.3 is 0 Å². The van der Waals surface area contributed by atoms with Gasteiger partial charge in [-0.3, -0.25) is 4.79 Å². The van der Waals surface area contributed by atoms with E-state index in [4.69, 9.17) is 4.74 Å². The van der Waals surface area contributed by atoms with Crippen molar-refractivity contribution in [2.75, 3.05) is 13.1 Å². The quantitative estimate of drug-likeness (QED) is 0.655. The van der Waals surface area contributed by atoms with Crippen LogP contribution in [0.2, 0.25) is 0 Å². The van der Waals surface area contributed by atoms with Crippen LogP contribution in [0.4, 0.5) is 0 Å². The largest absolute Gasteiger partial charge is 0.370 e. The minimum atomic E-state index is 0.0422. The molecule has 1 amide bonds. The van der Waals surface area contributed by atoms with Crippen LogP contribution in [0.3, 0.4) is 0 Å². The number of amides is 1. The van der Waals surface area contributed by atoms with Crippen LogP contribution in [0.25, 0.3) is 5.78 Å². The van der Waals surface area contributed by atoms with Gasteiger partial charge in [0.25, 0.3) is 5.78 Å². The first-order valence-electron chi connectivity index (χ1n) is 9.56. The van der Waals surface area contributed by atoms with Crippen LogP contribution in [0.5, 0.6) is 0 Å². The lowest BCUT2D eigenvalue weighted by Crippen LogP contribution is -2.50. The Kier molecular flexibility index (Phi) is 4.08. The van der Waals surface area contributed by atoms with E-state index in [0.717, 1.165) is 29.1 Å². The van der Waals surface area contributed by atoms with Gasteiger partial charge in [0.05, 0.1) is 30.6 Å². The summed E-state index contributed by atoms with van der Waals surface area (Å²) in [6.07, 6.45) is 5.22. The Morgan fingerprint density at radius 1 is 1.36 bits per heavy atom. The molecule has 10 heteroatoms. The van der Waals surface area contributed by atoms with Crippen molar-refractivity contribution in [3.63, 3.8) is 0 Å². The molecule has 0 spiro atoms. The number of carbonyl (C=O) groups is 1. The number of piperidine rings is 1. The summed E-state index contributed by atoms with van der Waals surface area (Å²) in [6.45, 7) is 5.81. The molecule has 0 aliphatic carbocycles. The normalized spacial score (nSPS) is 21.6. The van der Waals surface area contributed by atoms with E-state index < -0.39 is 0 Å². The van der Waals surface area contributed by atoms with Crippen LogP contribution in [-0.2, 0) is 22.6 Å². The molecule has 0 radical (unpaired) electrons. The monoisotopic (exact) mass is 382 g/mol. The molecule has 0 saturated carbocycles. The Hall–Kier alpha value is -2.88. The predicted molar refractivity (Wildman–Crippen MR) is 97.4 cm³/mol. The third kappa shape index (κ3) is 2.75. The molecular weight excluding hydrogens is 360 g/mol. The zero-order valence-electron chi connectivity index (χ0n) is 15.9. The summed E-state index contributed by atoms with van der Waals surface area (Å²) in [4.78, 5) is 23.5. The van der Waals surface area contributed by atoms with Gasteiger partial charge in [-0.25, -0.2) is 14.2 Å². The van der Waals surface area contributed by atoms with Crippen molar-refractivity contribution in [2.45, 2.75) is 51.9 Å². The average Bonchev–Trinajstić information content (AvgIpc) is 3.36. The van der Waals surface area contributed by atoms with Crippen LogP contribution in [0.1, 0.15) is 41.5 Å². The van der Waals surface area contributed by atoms with Gasteiger partial charge in [0.15, 0.2) is 0 Å². The molecule has 2 atom stereocenters. The first-order valence-corrected chi connectivity index (χ1v) is 9.56. The average molecular weight is 382 g/mol. The second kappa shape index (κ2) is 6.62. The number of aromatic nitrogens is 7. The van der Waals surface area contributed by atoms with Crippen molar-refractivity contribution in [3.8, 4) is 0 Å². The van der Waals surface area contributed by atoms with Crippen molar-refractivity contribution in [1.82, 2.24) is 39.5 Å². The molecule has 0 N–H and O–H groups in total. The van der Waals surface area contributed by atoms with Gasteiger partial charge in [-0.2, -0.15) is 10.1 Å². The molecule has 28 heavy (non-hydrogen) atoms. The molecule has 5 rings (SSSR count). The van der Waals surface area contributed by atoms with Gasteiger partial charge in [-0.05, 0) is 32.3 Å². The maximum absolute atomic E-state index is 12.9. The summed E-state index contributed by atoms with van der Waals surface area (Å²) in [7, 11) is 0. The molecule has 3 aromatic rings. The van der Waals surface area contributed by atoms with Crippen LogP contribution < -0.4 is 0 Å². The third-order valence-electron chi connectivity index (χ3n) is 5.86. The number of fused-ring (bicyclic) bond motifs is 4. The van der Waals surface area contributed by atoms with Crippen molar-refractivity contribution >= 4 is 11.7 Å². The van der Waals surface area contributed by atoms with E-state index >= 15 is 0 Å². The molecule has 10 nitrogen and oxygen atoms in total. The molecule has 2 aliphatic rings. The number of ether oxygens (including phenoxy) is 1. The van der Waals surface area contributed by atoms with Crippen molar-refractivity contribution in [3.05, 3.63) is 35.2 Å². The molecule has 3 aromatic heterocycles. The van der Waals surface area contributed by atoms with Crippen molar-refractivity contribution in [1.29, 1.82) is 0 Å². The fourth-order valence-electron chi connectivity index (χ4n) is 4.31. The summed E-state index contributed by atoms with van der Waals surface area (Å²) >= 11 is 0. The highest BCUT2D eigenvalue weighted by Gasteiger charge is 2.37. The number of nitrogens with zero attached hydrogens (tertiary/aromatic N) is 8. The Morgan fingerprint density at radius 3 is 3.14 bits per heavy atom. The van der Waals surface area contributed by atoms with Crippen LogP contribution in [-0.4, -0.2) is 64.6 Å². The van der Waals surface area contributed by atoms with E-state index in [9.17, 15) is 4.79 Å². The van der Waals surface area contributed by atoms with Gasteiger partial charge in [0.2, 0.25) is 5.91 Å². The predicted octanol–water partition coefficient (Wildman–Crippen LogP) is 0.638. The first-order chi connectivity index (χ1) is 13.6.